The molecule has 0 aliphatic carbocycles. The molecule has 1 aromatic carbocycles. The molecule has 3 rings (SSSR count). The second kappa shape index (κ2) is 6.08. The smallest absolute Gasteiger partial charge is 0.305 e. The van der Waals surface area contributed by atoms with Gasteiger partial charge in [-0.1, -0.05) is 12.1 Å². The molecule has 2 heterocycles. The van der Waals surface area contributed by atoms with Gasteiger partial charge < -0.3 is 24.6 Å². The lowest BCUT2D eigenvalue weighted by molar-refractivity contribution is -0.140. The molecule has 124 valence electrons. The molecule has 23 heavy (non-hydrogen) atoms. The van der Waals surface area contributed by atoms with Crippen molar-refractivity contribution in [2.45, 2.75) is 37.5 Å². The lowest BCUT2D eigenvalue weighted by Crippen LogP contribution is -2.57. The molecular weight excluding hydrogens is 302 g/mol. The van der Waals surface area contributed by atoms with E-state index in [-0.39, 0.29) is 13.0 Å². The maximum atomic E-state index is 12.6. The van der Waals surface area contributed by atoms with Crippen molar-refractivity contribution in [3.8, 4) is 11.5 Å². The minimum Gasteiger partial charge on any atom is -0.482 e. The van der Waals surface area contributed by atoms with Gasteiger partial charge in [-0.25, -0.2) is 0 Å². The van der Waals surface area contributed by atoms with Crippen LogP contribution in [-0.2, 0) is 14.3 Å². The lowest BCUT2D eigenvalue weighted by Gasteiger charge is -2.34. The maximum absolute atomic E-state index is 12.6. The van der Waals surface area contributed by atoms with Crippen LogP contribution >= 0.6 is 0 Å². The first-order chi connectivity index (χ1) is 11.0. The second-order valence-electron chi connectivity index (χ2n) is 5.95. The van der Waals surface area contributed by atoms with Gasteiger partial charge in [-0.05, 0) is 25.5 Å². The summed E-state index contributed by atoms with van der Waals surface area (Å²) in [4.78, 5) is 23.7. The summed E-state index contributed by atoms with van der Waals surface area (Å²) in [6, 6.07) is 7.13. The minimum atomic E-state index is -0.977. The number of benzene rings is 1. The van der Waals surface area contributed by atoms with E-state index in [9.17, 15) is 9.59 Å². The number of fused-ring (bicyclic) bond motifs is 1. The fourth-order valence-corrected chi connectivity index (χ4v) is 2.92. The van der Waals surface area contributed by atoms with Gasteiger partial charge in [0.15, 0.2) is 11.5 Å². The molecule has 0 spiro atoms. The summed E-state index contributed by atoms with van der Waals surface area (Å²) in [6.45, 7) is 2.35. The van der Waals surface area contributed by atoms with E-state index in [1.807, 2.05) is 6.07 Å². The van der Waals surface area contributed by atoms with Gasteiger partial charge in [0.2, 0.25) is 6.10 Å². The summed E-state index contributed by atoms with van der Waals surface area (Å²) < 4.78 is 16.7. The number of carbonyl (C=O) groups excluding carboxylic acids is 1. The van der Waals surface area contributed by atoms with Crippen LogP contribution in [0.4, 0.5) is 0 Å². The van der Waals surface area contributed by atoms with Crippen molar-refractivity contribution < 1.29 is 28.9 Å². The van der Waals surface area contributed by atoms with Gasteiger partial charge >= 0.3 is 5.97 Å². The first kappa shape index (κ1) is 15.6. The number of nitrogens with one attached hydrogen (secondary N) is 1. The molecule has 1 aromatic rings. The van der Waals surface area contributed by atoms with Crippen LogP contribution in [0.3, 0.4) is 0 Å². The van der Waals surface area contributed by atoms with Crippen LogP contribution in [0, 0.1) is 0 Å². The molecule has 1 fully saturated rings. The zero-order valence-electron chi connectivity index (χ0n) is 12.8. The monoisotopic (exact) mass is 321 g/mol. The highest BCUT2D eigenvalue weighted by atomic mass is 16.6. The summed E-state index contributed by atoms with van der Waals surface area (Å²) in [5.74, 6) is -0.275. The summed E-state index contributed by atoms with van der Waals surface area (Å²) >= 11 is 0. The van der Waals surface area contributed by atoms with E-state index < -0.39 is 29.6 Å². The van der Waals surface area contributed by atoms with Gasteiger partial charge in [-0.2, -0.15) is 0 Å². The van der Waals surface area contributed by atoms with E-state index in [4.69, 9.17) is 19.3 Å². The van der Waals surface area contributed by atoms with E-state index in [0.29, 0.717) is 24.5 Å². The van der Waals surface area contributed by atoms with Crippen LogP contribution in [0.1, 0.15) is 19.8 Å². The first-order valence-electron chi connectivity index (χ1n) is 7.53. The molecule has 2 aliphatic rings. The Hall–Kier alpha value is -2.28. The van der Waals surface area contributed by atoms with E-state index in [1.54, 1.807) is 25.1 Å². The fraction of sp³-hybridized carbons (Fsp3) is 0.500. The van der Waals surface area contributed by atoms with Crippen LogP contribution in [0.15, 0.2) is 24.3 Å². The highest BCUT2D eigenvalue weighted by Crippen LogP contribution is 2.34. The number of ether oxygens (including phenoxy) is 3. The zero-order chi connectivity index (χ0) is 16.4. The van der Waals surface area contributed by atoms with Crippen LogP contribution in [0.2, 0.25) is 0 Å². The maximum Gasteiger partial charge on any atom is 0.305 e. The number of amides is 1. The molecule has 0 saturated carbocycles. The normalized spacial score (nSPS) is 29.1. The first-order valence-corrected chi connectivity index (χ1v) is 7.53. The molecule has 0 bridgehead atoms. The average molecular weight is 321 g/mol. The van der Waals surface area contributed by atoms with Gasteiger partial charge in [0, 0.05) is 6.61 Å². The molecule has 2 aliphatic heterocycles. The third kappa shape index (κ3) is 3.24. The Labute approximate surface area is 133 Å². The highest BCUT2D eigenvalue weighted by molar-refractivity contribution is 5.84. The summed E-state index contributed by atoms with van der Waals surface area (Å²) in [7, 11) is 0. The molecule has 7 heteroatoms. The van der Waals surface area contributed by atoms with E-state index in [2.05, 4.69) is 5.32 Å². The molecule has 3 atom stereocenters. The fourth-order valence-electron chi connectivity index (χ4n) is 2.92. The SMILES string of the molecule is CC1Oc2ccccc2OC1C(=O)NC1(CC(=O)O)CCOC1. The highest BCUT2D eigenvalue weighted by Gasteiger charge is 2.42. The van der Waals surface area contributed by atoms with Crippen molar-refractivity contribution in [1.29, 1.82) is 0 Å². The Morgan fingerprint density at radius 3 is 2.61 bits per heavy atom. The summed E-state index contributed by atoms with van der Waals surface area (Å²) in [5.41, 5.74) is -0.886. The predicted octanol–water partition coefficient (Wildman–Crippen LogP) is 0.965. The predicted molar refractivity (Wildman–Crippen MR) is 79.5 cm³/mol. The Morgan fingerprint density at radius 1 is 1.30 bits per heavy atom. The van der Waals surface area contributed by atoms with Gasteiger partial charge in [0.25, 0.3) is 5.91 Å². The molecule has 0 radical (unpaired) electrons. The van der Waals surface area contributed by atoms with Crippen LogP contribution in [0.5, 0.6) is 11.5 Å². The Balaban J connectivity index is 1.74. The molecule has 7 nitrogen and oxygen atoms in total. The largest absolute Gasteiger partial charge is 0.482 e. The van der Waals surface area contributed by atoms with Crippen LogP contribution in [0.25, 0.3) is 0 Å². The van der Waals surface area contributed by atoms with Gasteiger partial charge in [-0.3, -0.25) is 9.59 Å². The standard InChI is InChI=1S/C16H19NO6/c1-10-14(23-12-5-3-2-4-11(12)22-10)15(20)17-16(8-13(18)19)6-7-21-9-16/h2-5,10,14H,6-9H2,1H3,(H,17,20)(H,18,19). The molecule has 3 unspecified atom stereocenters. The third-order valence-corrected chi connectivity index (χ3v) is 4.08. The van der Waals surface area contributed by atoms with Gasteiger partial charge in [-0.15, -0.1) is 0 Å². The number of carboxylic acid groups (broad SMARTS) is 1. The molecule has 1 amide bonds. The number of hydrogen-bond donors (Lipinski definition) is 2. The quantitative estimate of drug-likeness (QED) is 0.858. The summed E-state index contributed by atoms with van der Waals surface area (Å²) in [6.07, 6.45) is -1.04. The van der Waals surface area contributed by atoms with Crippen molar-refractivity contribution in [2.24, 2.45) is 0 Å². The number of aliphatic carboxylic acids is 1. The van der Waals surface area contributed by atoms with Crippen molar-refractivity contribution in [3.63, 3.8) is 0 Å². The molecule has 2 N–H and O–H groups in total. The Kier molecular flexibility index (Phi) is 4.12. The Bertz CT molecular complexity index is 610. The lowest BCUT2D eigenvalue weighted by atomic mass is 9.93. The number of carbonyl (C=O) groups is 2. The molecule has 0 aromatic heterocycles. The zero-order valence-corrected chi connectivity index (χ0v) is 12.8. The van der Waals surface area contributed by atoms with E-state index in [1.165, 1.54) is 0 Å². The number of rotatable bonds is 4. The third-order valence-electron chi connectivity index (χ3n) is 4.08. The minimum absolute atomic E-state index is 0.183. The number of carboxylic acids is 1. The van der Waals surface area contributed by atoms with Crippen molar-refractivity contribution in [2.75, 3.05) is 13.2 Å². The number of para-hydroxylation sites is 2. The second-order valence-corrected chi connectivity index (χ2v) is 5.95. The summed E-state index contributed by atoms with van der Waals surface area (Å²) in [5, 5.41) is 11.9. The van der Waals surface area contributed by atoms with Crippen molar-refractivity contribution in [1.82, 2.24) is 5.32 Å². The van der Waals surface area contributed by atoms with Crippen molar-refractivity contribution in [3.05, 3.63) is 24.3 Å². The van der Waals surface area contributed by atoms with Gasteiger partial charge in [0.05, 0.1) is 18.6 Å². The van der Waals surface area contributed by atoms with E-state index in [0.717, 1.165) is 0 Å². The van der Waals surface area contributed by atoms with Crippen molar-refractivity contribution >= 4 is 11.9 Å². The molecule has 1 saturated heterocycles. The topological polar surface area (TPSA) is 94.1 Å². The average Bonchev–Trinajstić information content (AvgIpc) is 2.93. The number of hydrogen-bond acceptors (Lipinski definition) is 5. The van der Waals surface area contributed by atoms with E-state index >= 15 is 0 Å². The van der Waals surface area contributed by atoms with Crippen LogP contribution in [-0.4, -0.2) is 47.9 Å². The van der Waals surface area contributed by atoms with Gasteiger partial charge in [0.1, 0.15) is 6.10 Å². The van der Waals surface area contributed by atoms with Crippen LogP contribution < -0.4 is 14.8 Å². The molecular formula is C16H19NO6. The Morgan fingerprint density at radius 2 is 2.00 bits per heavy atom.